The predicted octanol–water partition coefficient (Wildman–Crippen LogP) is 3.85. The summed E-state index contributed by atoms with van der Waals surface area (Å²) >= 11 is 1.63. The van der Waals surface area contributed by atoms with Crippen LogP contribution in [-0.4, -0.2) is 49.8 Å². The van der Waals surface area contributed by atoms with E-state index in [-0.39, 0.29) is 30.9 Å². The number of hydrogen-bond donors (Lipinski definition) is 1. The molecule has 0 bridgehead atoms. The van der Waals surface area contributed by atoms with Gasteiger partial charge in [0.05, 0.1) is 18.9 Å². The fourth-order valence-corrected chi connectivity index (χ4v) is 3.78. The SMILES string of the molecule is COc1ccccc1N1CCN(CCC(O)c2cccs2)CC1.Cl.Cl. The van der Waals surface area contributed by atoms with Crippen molar-refractivity contribution in [2.24, 2.45) is 0 Å². The van der Waals surface area contributed by atoms with Crippen LogP contribution in [0, 0.1) is 0 Å². The Morgan fingerprint density at radius 2 is 1.80 bits per heavy atom. The zero-order valence-electron chi connectivity index (χ0n) is 14.3. The maximum Gasteiger partial charge on any atom is 0.142 e. The van der Waals surface area contributed by atoms with Gasteiger partial charge in [-0.15, -0.1) is 36.2 Å². The second kappa shape index (κ2) is 10.9. The number of rotatable bonds is 6. The molecule has 2 heterocycles. The van der Waals surface area contributed by atoms with Gasteiger partial charge in [0.15, 0.2) is 0 Å². The van der Waals surface area contributed by atoms with Gasteiger partial charge >= 0.3 is 0 Å². The molecule has 4 nitrogen and oxygen atoms in total. The number of para-hydroxylation sites is 2. The van der Waals surface area contributed by atoms with Crippen LogP contribution >= 0.6 is 36.2 Å². The number of nitrogens with zero attached hydrogens (tertiary/aromatic N) is 2. The van der Waals surface area contributed by atoms with E-state index in [0.717, 1.165) is 49.8 Å². The molecule has 1 unspecified atom stereocenters. The second-order valence-corrected chi connectivity index (χ2v) is 6.80. The number of piperazine rings is 1. The number of anilines is 1. The van der Waals surface area contributed by atoms with Crippen molar-refractivity contribution in [3.8, 4) is 5.75 Å². The summed E-state index contributed by atoms with van der Waals surface area (Å²) in [6.07, 6.45) is 0.470. The zero-order chi connectivity index (χ0) is 16.1. The summed E-state index contributed by atoms with van der Waals surface area (Å²) in [5.74, 6) is 0.939. The molecule has 1 aromatic heterocycles. The van der Waals surface area contributed by atoms with E-state index in [4.69, 9.17) is 4.74 Å². The van der Waals surface area contributed by atoms with Gasteiger partial charge in [-0.05, 0) is 30.0 Å². The monoisotopic (exact) mass is 404 g/mol. The van der Waals surface area contributed by atoms with Gasteiger partial charge in [0, 0.05) is 37.6 Å². The lowest BCUT2D eigenvalue weighted by Crippen LogP contribution is -2.46. The molecule has 1 fully saturated rings. The summed E-state index contributed by atoms with van der Waals surface area (Å²) in [7, 11) is 1.72. The molecule has 1 saturated heterocycles. The number of thiophene rings is 1. The van der Waals surface area contributed by atoms with Crippen molar-refractivity contribution in [3.05, 3.63) is 46.7 Å². The first kappa shape index (κ1) is 22.1. The highest BCUT2D eigenvalue weighted by molar-refractivity contribution is 7.10. The Hall–Kier alpha value is -0.980. The molecule has 0 aliphatic carbocycles. The number of hydrogen-bond acceptors (Lipinski definition) is 5. The summed E-state index contributed by atoms with van der Waals surface area (Å²) in [5.41, 5.74) is 1.17. The molecule has 1 N–H and O–H groups in total. The first-order valence-corrected chi connectivity index (χ1v) is 8.97. The number of ether oxygens (including phenoxy) is 1. The average molecular weight is 405 g/mol. The standard InChI is InChI=1S/C18H24N2O2S.2ClH/c1-22-17-6-3-2-5-15(17)20-12-10-19(11-13-20)9-8-16(21)18-7-4-14-23-18;;/h2-7,14,16,21H,8-13H2,1H3;2*1H. The summed E-state index contributed by atoms with van der Waals surface area (Å²) in [5, 5.41) is 12.2. The molecule has 1 aliphatic heterocycles. The van der Waals surface area contributed by atoms with E-state index in [0.29, 0.717) is 0 Å². The Balaban J connectivity index is 0.00000156. The highest BCUT2D eigenvalue weighted by Crippen LogP contribution is 2.28. The van der Waals surface area contributed by atoms with E-state index in [1.165, 1.54) is 5.69 Å². The van der Waals surface area contributed by atoms with E-state index in [9.17, 15) is 5.11 Å². The Bertz CT molecular complexity index is 605. The van der Waals surface area contributed by atoms with Crippen LogP contribution in [0.3, 0.4) is 0 Å². The summed E-state index contributed by atoms with van der Waals surface area (Å²) in [4.78, 5) is 5.88. The Labute approximate surface area is 166 Å². The van der Waals surface area contributed by atoms with Gasteiger partial charge in [0.2, 0.25) is 0 Å². The molecule has 140 valence electrons. The highest BCUT2D eigenvalue weighted by Gasteiger charge is 2.20. The molecule has 0 spiro atoms. The Morgan fingerprint density at radius 1 is 1.08 bits per heavy atom. The Kier molecular flexibility index (Phi) is 9.61. The van der Waals surface area contributed by atoms with E-state index in [1.54, 1.807) is 18.4 Å². The molecule has 1 aliphatic rings. The summed E-state index contributed by atoms with van der Waals surface area (Å²) < 4.78 is 5.46. The quantitative estimate of drug-likeness (QED) is 0.792. The van der Waals surface area contributed by atoms with Crippen LogP contribution in [-0.2, 0) is 0 Å². The van der Waals surface area contributed by atoms with Gasteiger partial charge in [-0.2, -0.15) is 0 Å². The van der Waals surface area contributed by atoms with Gasteiger partial charge in [-0.1, -0.05) is 18.2 Å². The molecule has 0 radical (unpaired) electrons. The maximum absolute atomic E-state index is 10.2. The summed E-state index contributed by atoms with van der Waals surface area (Å²) in [6, 6.07) is 12.2. The minimum Gasteiger partial charge on any atom is -0.495 e. The molecule has 1 aromatic carbocycles. The van der Waals surface area contributed by atoms with Crippen molar-refractivity contribution in [1.82, 2.24) is 4.90 Å². The number of halogens is 2. The van der Waals surface area contributed by atoms with Crippen LogP contribution in [0.5, 0.6) is 5.75 Å². The van der Waals surface area contributed by atoms with Crippen LogP contribution in [0.25, 0.3) is 0 Å². The molecule has 0 saturated carbocycles. The topological polar surface area (TPSA) is 35.9 Å². The fraction of sp³-hybridized carbons (Fsp3) is 0.444. The number of aliphatic hydroxyl groups is 1. The third-order valence-electron chi connectivity index (χ3n) is 4.39. The third kappa shape index (κ3) is 5.76. The minimum absolute atomic E-state index is 0. The van der Waals surface area contributed by atoms with Crippen molar-refractivity contribution in [2.75, 3.05) is 44.7 Å². The van der Waals surface area contributed by atoms with Crippen LogP contribution < -0.4 is 9.64 Å². The first-order chi connectivity index (χ1) is 11.3. The number of aliphatic hydroxyl groups excluding tert-OH is 1. The van der Waals surface area contributed by atoms with Crippen LogP contribution in [0.15, 0.2) is 41.8 Å². The van der Waals surface area contributed by atoms with Crippen molar-refractivity contribution >= 4 is 41.8 Å². The van der Waals surface area contributed by atoms with Crippen LogP contribution in [0.4, 0.5) is 5.69 Å². The van der Waals surface area contributed by atoms with Gasteiger partial charge < -0.3 is 14.7 Å². The first-order valence-electron chi connectivity index (χ1n) is 8.09. The third-order valence-corrected chi connectivity index (χ3v) is 5.36. The lowest BCUT2D eigenvalue weighted by molar-refractivity contribution is 0.142. The van der Waals surface area contributed by atoms with Crippen molar-refractivity contribution in [3.63, 3.8) is 0 Å². The molecule has 1 atom stereocenters. The average Bonchev–Trinajstić information content (AvgIpc) is 3.15. The summed E-state index contributed by atoms with van der Waals surface area (Å²) in [6.45, 7) is 4.98. The maximum atomic E-state index is 10.2. The molecule has 0 amide bonds. The molecule has 2 aromatic rings. The Morgan fingerprint density at radius 3 is 2.44 bits per heavy atom. The van der Waals surface area contributed by atoms with Gasteiger partial charge in [0.1, 0.15) is 5.75 Å². The van der Waals surface area contributed by atoms with Gasteiger partial charge in [0.25, 0.3) is 0 Å². The zero-order valence-corrected chi connectivity index (χ0v) is 16.8. The molecule has 3 rings (SSSR count). The molecule has 7 heteroatoms. The van der Waals surface area contributed by atoms with Gasteiger partial charge in [-0.3, -0.25) is 4.90 Å². The van der Waals surface area contributed by atoms with Crippen LogP contribution in [0.2, 0.25) is 0 Å². The molecule has 25 heavy (non-hydrogen) atoms. The minimum atomic E-state index is -0.331. The lowest BCUT2D eigenvalue weighted by Gasteiger charge is -2.36. The van der Waals surface area contributed by atoms with E-state index in [2.05, 4.69) is 21.9 Å². The van der Waals surface area contributed by atoms with Crippen LogP contribution in [0.1, 0.15) is 17.4 Å². The fourth-order valence-electron chi connectivity index (χ4n) is 3.03. The number of benzene rings is 1. The normalized spacial score (nSPS) is 15.8. The van der Waals surface area contributed by atoms with E-state index >= 15 is 0 Å². The van der Waals surface area contributed by atoms with E-state index < -0.39 is 0 Å². The molecular formula is C18H26Cl2N2O2S. The van der Waals surface area contributed by atoms with E-state index in [1.807, 2.05) is 29.6 Å². The largest absolute Gasteiger partial charge is 0.495 e. The molecular weight excluding hydrogens is 379 g/mol. The smallest absolute Gasteiger partial charge is 0.142 e. The van der Waals surface area contributed by atoms with Crippen molar-refractivity contribution < 1.29 is 9.84 Å². The lowest BCUT2D eigenvalue weighted by atomic mass is 10.2. The van der Waals surface area contributed by atoms with Crippen molar-refractivity contribution in [1.29, 1.82) is 0 Å². The van der Waals surface area contributed by atoms with Gasteiger partial charge in [-0.25, -0.2) is 0 Å². The number of methoxy groups -OCH3 is 1. The second-order valence-electron chi connectivity index (χ2n) is 5.82. The van der Waals surface area contributed by atoms with Crippen molar-refractivity contribution in [2.45, 2.75) is 12.5 Å². The highest BCUT2D eigenvalue weighted by atomic mass is 35.5. The predicted molar refractivity (Wildman–Crippen MR) is 110 cm³/mol.